The number of nitrogens with one attached hydrogen (secondary N) is 2. The molecule has 5 heteroatoms. The van der Waals surface area contributed by atoms with E-state index in [1.807, 2.05) is 17.1 Å². The van der Waals surface area contributed by atoms with Gasteiger partial charge in [0, 0.05) is 18.8 Å². The zero-order valence-corrected chi connectivity index (χ0v) is 11.0. The molecule has 1 aromatic rings. The van der Waals surface area contributed by atoms with Gasteiger partial charge in [0.2, 0.25) is 0 Å². The molecule has 1 aliphatic rings. The van der Waals surface area contributed by atoms with Crippen LogP contribution in [0.5, 0.6) is 0 Å². The molecule has 0 amide bonds. The van der Waals surface area contributed by atoms with Crippen LogP contribution in [0.3, 0.4) is 0 Å². The fourth-order valence-electron chi connectivity index (χ4n) is 2.07. The average molecular weight is 287 g/mol. The lowest BCUT2D eigenvalue weighted by atomic mass is 10.1. The van der Waals surface area contributed by atoms with Crippen molar-refractivity contribution in [2.24, 2.45) is 0 Å². The van der Waals surface area contributed by atoms with Gasteiger partial charge in [-0.15, -0.1) is 0 Å². The average Bonchev–Trinajstić information content (AvgIpc) is 2.54. The number of aromatic nitrogens is 2. The lowest BCUT2D eigenvalue weighted by Crippen LogP contribution is -2.32. The number of nitrogens with zero attached hydrogens (tertiary/aromatic N) is 2. The lowest BCUT2D eigenvalue weighted by Gasteiger charge is -2.15. The van der Waals surface area contributed by atoms with E-state index in [1.54, 1.807) is 0 Å². The van der Waals surface area contributed by atoms with Crippen LogP contribution in [0.15, 0.2) is 16.9 Å². The molecule has 0 spiro atoms. The van der Waals surface area contributed by atoms with Gasteiger partial charge in [-0.2, -0.15) is 5.10 Å². The van der Waals surface area contributed by atoms with Gasteiger partial charge in [0.15, 0.2) is 0 Å². The highest BCUT2D eigenvalue weighted by Gasteiger charge is 2.10. The van der Waals surface area contributed by atoms with E-state index >= 15 is 0 Å². The second-order valence-corrected chi connectivity index (χ2v) is 5.17. The third-order valence-electron chi connectivity index (χ3n) is 2.95. The molecule has 1 fully saturated rings. The standard InChI is InChI=1S/C11H19BrN4/c12-10-8-15-16(9-10)7-6-14-11-2-1-4-13-5-3-11/h8-9,11,13-14H,1-7H2. The second-order valence-electron chi connectivity index (χ2n) is 4.25. The van der Waals surface area contributed by atoms with Crippen molar-refractivity contribution in [2.45, 2.75) is 31.8 Å². The van der Waals surface area contributed by atoms with Crippen molar-refractivity contribution < 1.29 is 0 Å². The van der Waals surface area contributed by atoms with Crippen LogP contribution in [-0.4, -0.2) is 35.5 Å². The Kier molecular flexibility index (Phi) is 4.81. The van der Waals surface area contributed by atoms with E-state index in [0.717, 1.165) is 24.1 Å². The molecule has 2 heterocycles. The number of hydrogen-bond donors (Lipinski definition) is 2. The molecule has 2 N–H and O–H groups in total. The molecular formula is C11H19BrN4. The molecule has 0 aromatic carbocycles. The zero-order chi connectivity index (χ0) is 11.2. The molecule has 0 saturated carbocycles. The largest absolute Gasteiger partial charge is 0.317 e. The smallest absolute Gasteiger partial charge is 0.0632 e. The summed E-state index contributed by atoms with van der Waals surface area (Å²) in [6.07, 6.45) is 7.65. The summed E-state index contributed by atoms with van der Waals surface area (Å²) >= 11 is 3.40. The Balaban J connectivity index is 1.67. The molecule has 0 bridgehead atoms. The molecule has 0 radical (unpaired) electrons. The maximum atomic E-state index is 4.23. The summed E-state index contributed by atoms with van der Waals surface area (Å²) in [5, 5.41) is 11.3. The molecule has 4 nitrogen and oxygen atoms in total. The van der Waals surface area contributed by atoms with Crippen LogP contribution in [0.4, 0.5) is 0 Å². The Morgan fingerprint density at radius 3 is 3.25 bits per heavy atom. The van der Waals surface area contributed by atoms with Crippen molar-refractivity contribution in [1.29, 1.82) is 0 Å². The van der Waals surface area contributed by atoms with E-state index in [1.165, 1.54) is 25.8 Å². The predicted octanol–water partition coefficient (Wildman–Crippen LogP) is 1.38. The van der Waals surface area contributed by atoms with Crippen LogP contribution in [0.2, 0.25) is 0 Å². The molecule has 90 valence electrons. The monoisotopic (exact) mass is 286 g/mol. The predicted molar refractivity (Wildman–Crippen MR) is 68.4 cm³/mol. The quantitative estimate of drug-likeness (QED) is 0.879. The molecule has 1 aliphatic heterocycles. The summed E-state index contributed by atoms with van der Waals surface area (Å²) in [4.78, 5) is 0. The summed E-state index contributed by atoms with van der Waals surface area (Å²) < 4.78 is 3.01. The number of hydrogen-bond acceptors (Lipinski definition) is 3. The minimum atomic E-state index is 0.675. The van der Waals surface area contributed by atoms with Crippen LogP contribution in [0.25, 0.3) is 0 Å². The Labute approximate surface area is 105 Å². The highest BCUT2D eigenvalue weighted by atomic mass is 79.9. The summed E-state index contributed by atoms with van der Waals surface area (Å²) in [6, 6.07) is 0.675. The maximum absolute atomic E-state index is 4.23. The van der Waals surface area contributed by atoms with Crippen LogP contribution in [0.1, 0.15) is 19.3 Å². The molecule has 16 heavy (non-hydrogen) atoms. The SMILES string of the molecule is Brc1cnn(CCNC2CCCNCC2)c1. The minimum absolute atomic E-state index is 0.675. The Morgan fingerprint density at radius 1 is 1.50 bits per heavy atom. The fraction of sp³-hybridized carbons (Fsp3) is 0.727. The third kappa shape index (κ3) is 3.88. The van der Waals surface area contributed by atoms with Crippen molar-refractivity contribution in [3.05, 3.63) is 16.9 Å². The first-order valence-electron chi connectivity index (χ1n) is 5.96. The van der Waals surface area contributed by atoms with Gasteiger partial charge in [-0.05, 0) is 48.3 Å². The number of rotatable bonds is 4. The molecule has 1 atom stereocenters. The first-order chi connectivity index (χ1) is 7.84. The van der Waals surface area contributed by atoms with Gasteiger partial charge in [-0.3, -0.25) is 4.68 Å². The van der Waals surface area contributed by atoms with Crippen molar-refractivity contribution >= 4 is 15.9 Å². The lowest BCUT2D eigenvalue weighted by molar-refractivity contribution is 0.443. The summed E-state index contributed by atoms with van der Waals surface area (Å²) in [5.74, 6) is 0. The summed E-state index contributed by atoms with van der Waals surface area (Å²) in [5.41, 5.74) is 0. The van der Waals surface area contributed by atoms with E-state index in [9.17, 15) is 0 Å². The Bertz CT molecular complexity index is 305. The van der Waals surface area contributed by atoms with Gasteiger partial charge in [-0.1, -0.05) is 0 Å². The van der Waals surface area contributed by atoms with Gasteiger partial charge >= 0.3 is 0 Å². The fourth-order valence-corrected chi connectivity index (χ4v) is 2.39. The minimum Gasteiger partial charge on any atom is -0.317 e. The van der Waals surface area contributed by atoms with E-state index < -0.39 is 0 Å². The third-order valence-corrected chi connectivity index (χ3v) is 3.36. The van der Waals surface area contributed by atoms with Crippen molar-refractivity contribution in [2.75, 3.05) is 19.6 Å². The Morgan fingerprint density at radius 2 is 2.44 bits per heavy atom. The van der Waals surface area contributed by atoms with E-state index in [0.29, 0.717) is 6.04 Å². The first kappa shape index (κ1) is 12.1. The summed E-state index contributed by atoms with van der Waals surface area (Å²) in [6.45, 7) is 4.25. The highest BCUT2D eigenvalue weighted by Crippen LogP contribution is 2.06. The van der Waals surface area contributed by atoms with Gasteiger partial charge in [0.1, 0.15) is 0 Å². The maximum Gasteiger partial charge on any atom is 0.0632 e. The van der Waals surface area contributed by atoms with E-state index in [-0.39, 0.29) is 0 Å². The highest BCUT2D eigenvalue weighted by molar-refractivity contribution is 9.10. The van der Waals surface area contributed by atoms with Crippen LogP contribution in [-0.2, 0) is 6.54 Å². The van der Waals surface area contributed by atoms with Crippen LogP contribution < -0.4 is 10.6 Å². The molecule has 1 unspecified atom stereocenters. The second kappa shape index (κ2) is 6.37. The molecule has 1 saturated heterocycles. The summed E-state index contributed by atoms with van der Waals surface area (Å²) in [7, 11) is 0. The van der Waals surface area contributed by atoms with Crippen molar-refractivity contribution in [3.8, 4) is 0 Å². The molecule has 2 rings (SSSR count). The normalized spacial score (nSPS) is 21.9. The topological polar surface area (TPSA) is 41.9 Å². The van der Waals surface area contributed by atoms with Crippen LogP contribution in [0, 0.1) is 0 Å². The van der Waals surface area contributed by atoms with Gasteiger partial charge in [0.25, 0.3) is 0 Å². The van der Waals surface area contributed by atoms with Crippen molar-refractivity contribution in [3.63, 3.8) is 0 Å². The number of halogens is 1. The Hall–Kier alpha value is -0.390. The zero-order valence-electron chi connectivity index (χ0n) is 9.45. The first-order valence-corrected chi connectivity index (χ1v) is 6.76. The van der Waals surface area contributed by atoms with Gasteiger partial charge in [0.05, 0.1) is 17.2 Å². The van der Waals surface area contributed by atoms with Gasteiger partial charge < -0.3 is 10.6 Å². The van der Waals surface area contributed by atoms with Crippen LogP contribution >= 0.6 is 15.9 Å². The van der Waals surface area contributed by atoms with E-state index in [2.05, 4.69) is 31.7 Å². The van der Waals surface area contributed by atoms with E-state index in [4.69, 9.17) is 0 Å². The van der Waals surface area contributed by atoms with Gasteiger partial charge in [-0.25, -0.2) is 0 Å². The molecule has 0 aliphatic carbocycles. The van der Waals surface area contributed by atoms with Crippen molar-refractivity contribution in [1.82, 2.24) is 20.4 Å². The molecular weight excluding hydrogens is 268 g/mol. The molecule has 1 aromatic heterocycles.